The van der Waals surface area contributed by atoms with Crippen LogP contribution < -0.4 is 5.32 Å². The molecule has 20 heavy (non-hydrogen) atoms. The summed E-state index contributed by atoms with van der Waals surface area (Å²) in [6, 6.07) is 15.5. The van der Waals surface area contributed by atoms with E-state index in [4.69, 9.17) is 4.74 Å². The Balaban J connectivity index is 1.62. The van der Waals surface area contributed by atoms with E-state index in [-0.39, 0.29) is 0 Å². The summed E-state index contributed by atoms with van der Waals surface area (Å²) < 4.78 is 5.39. The quantitative estimate of drug-likeness (QED) is 0.924. The van der Waals surface area contributed by atoms with E-state index in [2.05, 4.69) is 59.6 Å². The van der Waals surface area contributed by atoms with Gasteiger partial charge in [0.2, 0.25) is 0 Å². The number of nitrogens with one attached hydrogen (secondary N) is 1. The lowest BCUT2D eigenvalue weighted by atomic mass is 10.1. The molecular formula is C17H22N2O. The van der Waals surface area contributed by atoms with Crippen molar-refractivity contribution >= 4 is 16.5 Å². The lowest BCUT2D eigenvalue weighted by Gasteiger charge is -2.29. The molecule has 3 rings (SSSR count). The number of fused-ring (bicyclic) bond motifs is 1. The molecule has 1 atom stereocenters. The van der Waals surface area contributed by atoms with E-state index >= 15 is 0 Å². The fourth-order valence-electron chi connectivity index (χ4n) is 2.78. The van der Waals surface area contributed by atoms with Crippen molar-refractivity contribution < 1.29 is 4.74 Å². The van der Waals surface area contributed by atoms with Crippen LogP contribution in [0.1, 0.15) is 6.92 Å². The number of nitrogens with zero attached hydrogens (tertiary/aromatic N) is 1. The van der Waals surface area contributed by atoms with Crippen LogP contribution in [0.2, 0.25) is 0 Å². The monoisotopic (exact) mass is 270 g/mol. The Morgan fingerprint density at radius 1 is 1.10 bits per heavy atom. The highest BCUT2D eigenvalue weighted by atomic mass is 16.5. The summed E-state index contributed by atoms with van der Waals surface area (Å²) in [5.41, 5.74) is 1.20. The van der Waals surface area contributed by atoms with Gasteiger partial charge < -0.3 is 10.1 Å². The van der Waals surface area contributed by atoms with Crippen molar-refractivity contribution in [3.63, 3.8) is 0 Å². The molecule has 3 nitrogen and oxygen atoms in total. The molecular weight excluding hydrogens is 248 g/mol. The summed E-state index contributed by atoms with van der Waals surface area (Å²) in [5.74, 6) is 0. The Morgan fingerprint density at radius 3 is 2.65 bits per heavy atom. The molecule has 2 aromatic rings. The first kappa shape index (κ1) is 13.4. The number of anilines is 1. The molecule has 1 heterocycles. The Kier molecular flexibility index (Phi) is 4.19. The molecule has 1 unspecified atom stereocenters. The second kappa shape index (κ2) is 6.25. The Morgan fingerprint density at radius 2 is 1.85 bits per heavy atom. The first-order valence-electron chi connectivity index (χ1n) is 7.37. The zero-order valence-corrected chi connectivity index (χ0v) is 12.0. The second-order valence-electron chi connectivity index (χ2n) is 5.52. The molecule has 0 aromatic heterocycles. The van der Waals surface area contributed by atoms with E-state index < -0.39 is 0 Å². The largest absolute Gasteiger partial charge is 0.381 e. The van der Waals surface area contributed by atoms with Crippen LogP contribution >= 0.6 is 0 Å². The van der Waals surface area contributed by atoms with E-state index in [1.807, 2.05) is 0 Å². The number of benzene rings is 2. The molecule has 106 valence electrons. The van der Waals surface area contributed by atoms with Gasteiger partial charge in [-0.1, -0.05) is 30.3 Å². The minimum Gasteiger partial charge on any atom is -0.381 e. The van der Waals surface area contributed by atoms with Gasteiger partial charge in [-0.05, 0) is 29.8 Å². The van der Waals surface area contributed by atoms with Crippen LogP contribution in [-0.4, -0.2) is 43.8 Å². The van der Waals surface area contributed by atoms with Gasteiger partial charge in [0, 0.05) is 31.4 Å². The van der Waals surface area contributed by atoms with Gasteiger partial charge in [0.05, 0.1) is 13.2 Å². The average Bonchev–Trinajstić information content (AvgIpc) is 2.48. The number of ether oxygens (including phenoxy) is 1. The Labute approximate surface area is 120 Å². The molecule has 2 aromatic carbocycles. The zero-order chi connectivity index (χ0) is 13.8. The zero-order valence-electron chi connectivity index (χ0n) is 12.0. The molecule has 0 spiro atoms. The highest BCUT2D eigenvalue weighted by molar-refractivity contribution is 5.85. The molecule has 0 bridgehead atoms. The molecule has 0 amide bonds. The molecule has 1 aliphatic heterocycles. The van der Waals surface area contributed by atoms with E-state index in [1.165, 1.54) is 16.5 Å². The van der Waals surface area contributed by atoms with E-state index in [0.717, 1.165) is 32.8 Å². The van der Waals surface area contributed by atoms with E-state index in [9.17, 15) is 0 Å². The SMILES string of the molecule is CC(CN1CCOCC1)Nc1ccc2ccccc2c1. The molecule has 0 aliphatic carbocycles. The minimum atomic E-state index is 0.439. The summed E-state index contributed by atoms with van der Waals surface area (Å²) in [5, 5.41) is 6.18. The van der Waals surface area contributed by atoms with Crippen molar-refractivity contribution in [1.29, 1.82) is 0 Å². The van der Waals surface area contributed by atoms with Crippen molar-refractivity contribution in [1.82, 2.24) is 4.90 Å². The molecule has 1 aliphatic rings. The lowest BCUT2D eigenvalue weighted by Crippen LogP contribution is -2.42. The topological polar surface area (TPSA) is 24.5 Å². The first-order valence-corrected chi connectivity index (χ1v) is 7.37. The maximum atomic E-state index is 5.39. The highest BCUT2D eigenvalue weighted by Crippen LogP contribution is 2.19. The average molecular weight is 270 g/mol. The van der Waals surface area contributed by atoms with Gasteiger partial charge in [-0.3, -0.25) is 4.90 Å². The normalized spacial score (nSPS) is 18.1. The molecule has 3 heteroatoms. The highest BCUT2D eigenvalue weighted by Gasteiger charge is 2.13. The predicted octanol–water partition coefficient (Wildman–Crippen LogP) is 2.97. The van der Waals surface area contributed by atoms with Crippen molar-refractivity contribution in [3.8, 4) is 0 Å². The molecule has 0 radical (unpaired) electrons. The number of morpholine rings is 1. The van der Waals surface area contributed by atoms with Crippen molar-refractivity contribution in [3.05, 3.63) is 42.5 Å². The predicted molar refractivity (Wildman–Crippen MR) is 84.3 cm³/mol. The molecule has 1 N–H and O–H groups in total. The Bertz CT molecular complexity index is 564. The van der Waals surface area contributed by atoms with Gasteiger partial charge in [-0.25, -0.2) is 0 Å². The first-order chi connectivity index (χ1) is 9.81. The maximum absolute atomic E-state index is 5.39. The number of rotatable bonds is 4. The van der Waals surface area contributed by atoms with Crippen LogP contribution in [0.15, 0.2) is 42.5 Å². The molecule has 1 saturated heterocycles. The van der Waals surface area contributed by atoms with Gasteiger partial charge in [0.15, 0.2) is 0 Å². The van der Waals surface area contributed by atoms with Gasteiger partial charge in [0.1, 0.15) is 0 Å². The van der Waals surface area contributed by atoms with Crippen molar-refractivity contribution in [2.75, 3.05) is 38.2 Å². The van der Waals surface area contributed by atoms with Gasteiger partial charge >= 0.3 is 0 Å². The third-order valence-corrected chi connectivity index (χ3v) is 3.80. The standard InChI is InChI=1S/C17H22N2O/c1-14(13-19-8-10-20-11-9-19)18-17-7-6-15-4-2-3-5-16(15)12-17/h2-7,12,14,18H,8-11,13H2,1H3. The van der Waals surface area contributed by atoms with Gasteiger partial charge in [0.25, 0.3) is 0 Å². The summed E-state index contributed by atoms with van der Waals surface area (Å²) in [7, 11) is 0. The smallest absolute Gasteiger partial charge is 0.0594 e. The molecule has 1 fully saturated rings. The third-order valence-electron chi connectivity index (χ3n) is 3.80. The van der Waals surface area contributed by atoms with Crippen LogP contribution in [0.25, 0.3) is 10.8 Å². The molecule has 0 saturated carbocycles. The summed E-state index contributed by atoms with van der Waals surface area (Å²) in [4.78, 5) is 2.46. The fourth-order valence-corrected chi connectivity index (χ4v) is 2.78. The minimum absolute atomic E-state index is 0.439. The van der Waals surface area contributed by atoms with Crippen molar-refractivity contribution in [2.24, 2.45) is 0 Å². The Hall–Kier alpha value is -1.58. The van der Waals surface area contributed by atoms with Gasteiger partial charge in [-0.2, -0.15) is 0 Å². The number of hydrogen-bond acceptors (Lipinski definition) is 3. The van der Waals surface area contributed by atoms with Gasteiger partial charge in [-0.15, -0.1) is 0 Å². The second-order valence-corrected chi connectivity index (χ2v) is 5.52. The van der Waals surface area contributed by atoms with Crippen LogP contribution in [0.3, 0.4) is 0 Å². The van der Waals surface area contributed by atoms with Crippen LogP contribution in [0.4, 0.5) is 5.69 Å². The van der Waals surface area contributed by atoms with Crippen LogP contribution in [0.5, 0.6) is 0 Å². The van der Waals surface area contributed by atoms with Crippen LogP contribution in [-0.2, 0) is 4.74 Å². The van der Waals surface area contributed by atoms with E-state index in [1.54, 1.807) is 0 Å². The van der Waals surface area contributed by atoms with Crippen LogP contribution in [0, 0.1) is 0 Å². The van der Waals surface area contributed by atoms with E-state index in [0.29, 0.717) is 6.04 Å². The third kappa shape index (κ3) is 3.30. The summed E-state index contributed by atoms with van der Waals surface area (Å²) in [6.45, 7) is 7.12. The fraction of sp³-hybridized carbons (Fsp3) is 0.412. The summed E-state index contributed by atoms with van der Waals surface area (Å²) >= 11 is 0. The number of hydrogen-bond donors (Lipinski definition) is 1. The van der Waals surface area contributed by atoms with Crippen molar-refractivity contribution in [2.45, 2.75) is 13.0 Å². The lowest BCUT2D eigenvalue weighted by molar-refractivity contribution is 0.0368. The summed E-state index contributed by atoms with van der Waals surface area (Å²) in [6.07, 6.45) is 0. The maximum Gasteiger partial charge on any atom is 0.0594 e.